The highest BCUT2D eigenvalue weighted by Crippen LogP contribution is 2.30. The minimum absolute atomic E-state index is 0.0288. The van der Waals surface area contributed by atoms with Gasteiger partial charge in [-0.15, -0.1) is 0 Å². The Morgan fingerprint density at radius 2 is 1.95 bits per heavy atom. The zero-order chi connectivity index (χ0) is 14.2. The van der Waals surface area contributed by atoms with Crippen LogP contribution in [0.25, 0.3) is 0 Å². The molecule has 2 fully saturated rings. The predicted octanol–water partition coefficient (Wildman–Crippen LogP) is 0.927. The number of amides is 2. The molecule has 1 N–H and O–H groups in total. The number of methoxy groups -OCH3 is 1. The van der Waals surface area contributed by atoms with Crippen molar-refractivity contribution in [3.8, 4) is 0 Å². The Morgan fingerprint density at radius 1 is 1.26 bits per heavy atom. The lowest BCUT2D eigenvalue weighted by Crippen LogP contribution is -2.65. The molecule has 2 aliphatic rings. The summed E-state index contributed by atoms with van der Waals surface area (Å²) in [4.78, 5) is 26.2. The lowest BCUT2D eigenvalue weighted by Gasteiger charge is -2.42. The smallest absolute Gasteiger partial charge is 0.246 e. The van der Waals surface area contributed by atoms with Crippen LogP contribution < -0.4 is 5.32 Å². The van der Waals surface area contributed by atoms with E-state index in [0.29, 0.717) is 0 Å². The van der Waals surface area contributed by atoms with E-state index in [4.69, 9.17) is 4.74 Å². The number of rotatable bonds is 2. The van der Waals surface area contributed by atoms with E-state index in [9.17, 15) is 9.59 Å². The van der Waals surface area contributed by atoms with Crippen molar-refractivity contribution in [2.24, 2.45) is 5.41 Å². The normalized spacial score (nSPS) is 32.6. The van der Waals surface area contributed by atoms with Crippen molar-refractivity contribution in [2.45, 2.75) is 58.2 Å². The van der Waals surface area contributed by atoms with E-state index in [0.717, 1.165) is 19.3 Å². The molecule has 3 unspecified atom stereocenters. The molecule has 5 nitrogen and oxygen atoms in total. The molecule has 2 amide bonds. The number of nitrogens with zero attached hydrogens (tertiary/aromatic N) is 1. The standard InChI is InChI=1S/C14H24N2O3/c1-14(2,3)12-13(18)16(8-11(17)15-12)9-6-5-7-10(9)19-4/h9-10,12H,5-8H2,1-4H3,(H,15,17). The predicted molar refractivity (Wildman–Crippen MR) is 71.5 cm³/mol. The quantitative estimate of drug-likeness (QED) is 0.810. The SMILES string of the molecule is COC1CCCC1N1CC(=O)NC(C(C)(C)C)C1=O. The van der Waals surface area contributed by atoms with Crippen LogP contribution in [0.15, 0.2) is 0 Å². The van der Waals surface area contributed by atoms with E-state index in [1.54, 1.807) is 12.0 Å². The third-order valence-corrected chi connectivity index (χ3v) is 4.14. The second kappa shape index (κ2) is 5.12. The second-order valence-corrected chi connectivity index (χ2v) is 6.61. The highest BCUT2D eigenvalue weighted by Gasteiger charge is 2.45. The molecule has 108 valence electrons. The fraction of sp³-hybridized carbons (Fsp3) is 0.857. The monoisotopic (exact) mass is 268 g/mol. The van der Waals surface area contributed by atoms with Gasteiger partial charge < -0.3 is 15.0 Å². The number of ether oxygens (including phenoxy) is 1. The molecule has 3 atom stereocenters. The van der Waals surface area contributed by atoms with Crippen LogP contribution in [-0.4, -0.2) is 48.6 Å². The summed E-state index contributed by atoms with van der Waals surface area (Å²) >= 11 is 0. The molecule has 0 bridgehead atoms. The van der Waals surface area contributed by atoms with E-state index >= 15 is 0 Å². The molecule has 2 rings (SSSR count). The van der Waals surface area contributed by atoms with Gasteiger partial charge in [-0.25, -0.2) is 0 Å². The largest absolute Gasteiger partial charge is 0.379 e. The van der Waals surface area contributed by atoms with E-state index in [2.05, 4.69) is 5.32 Å². The Morgan fingerprint density at radius 3 is 2.53 bits per heavy atom. The van der Waals surface area contributed by atoms with Gasteiger partial charge in [-0.3, -0.25) is 9.59 Å². The number of piperazine rings is 1. The lowest BCUT2D eigenvalue weighted by atomic mass is 9.84. The summed E-state index contributed by atoms with van der Waals surface area (Å²) in [5.74, 6) is -0.0395. The summed E-state index contributed by atoms with van der Waals surface area (Å²) in [5, 5.41) is 2.82. The second-order valence-electron chi connectivity index (χ2n) is 6.61. The highest BCUT2D eigenvalue weighted by atomic mass is 16.5. The van der Waals surface area contributed by atoms with Gasteiger partial charge >= 0.3 is 0 Å². The Labute approximate surface area is 114 Å². The van der Waals surface area contributed by atoms with E-state index < -0.39 is 6.04 Å². The molecular formula is C14H24N2O3. The molecule has 1 heterocycles. The summed E-state index contributed by atoms with van der Waals surface area (Å²) in [5.41, 5.74) is -0.271. The molecule has 0 aromatic rings. The average molecular weight is 268 g/mol. The van der Waals surface area contributed by atoms with E-state index in [-0.39, 0.29) is 35.9 Å². The van der Waals surface area contributed by atoms with Crippen molar-refractivity contribution >= 4 is 11.8 Å². The number of carbonyl (C=O) groups is 2. The first-order chi connectivity index (χ1) is 8.84. The van der Waals surface area contributed by atoms with Gasteiger partial charge in [0.05, 0.1) is 12.1 Å². The Bertz CT molecular complexity index is 375. The minimum Gasteiger partial charge on any atom is -0.379 e. The van der Waals surface area contributed by atoms with Gasteiger partial charge in [0.2, 0.25) is 11.8 Å². The third-order valence-electron chi connectivity index (χ3n) is 4.14. The van der Waals surface area contributed by atoms with Crippen LogP contribution in [-0.2, 0) is 14.3 Å². The van der Waals surface area contributed by atoms with Crippen molar-refractivity contribution in [1.29, 1.82) is 0 Å². The van der Waals surface area contributed by atoms with Crippen LogP contribution in [0.2, 0.25) is 0 Å². The maximum Gasteiger partial charge on any atom is 0.246 e. The molecule has 0 aromatic carbocycles. The van der Waals surface area contributed by atoms with Gasteiger partial charge in [-0.1, -0.05) is 20.8 Å². The molecule has 5 heteroatoms. The molecule has 1 aliphatic carbocycles. The van der Waals surface area contributed by atoms with E-state index in [1.807, 2.05) is 20.8 Å². The van der Waals surface area contributed by atoms with E-state index in [1.165, 1.54) is 0 Å². The molecule has 0 aromatic heterocycles. The summed E-state index contributed by atoms with van der Waals surface area (Å²) in [7, 11) is 1.68. The first-order valence-corrected chi connectivity index (χ1v) is 6.97. The molecule has 1 saturated carbocycles. The number of nitrogens with one attached hydrogen (secondary N) is 1. The van der Waals surface area contributed by atoms with Crippen molar-refractivity contribution in [1.82, 2.24) is 10.2 Å². The number of hydrogen-bond acceptors (Lipinski definition) is 3. The topological polar surface area (TPSA) is 58.6 Å². The molecule has 1 aliphatic heterocycles. The number of hydrogen-bond donors (Lipinski definition) is 1. The van der Waals surface area contributed by atoms with Crippen molar-refractivity contribution in [3.05, 3.63) is 0 Å². The van der Waals surface area contributed by atoms with Crippen molar-refractivity contribution in [3.63, 3.8) is 0 Å². The maximum atomic E-state index is 12.6. The maximum absolute atomic E-state index is 12.6. The third kappa shape index (κ3) is 2.76. The molecular weight excluding hydrogens is 244 g/mol. The fourth-order valence-corrected chi connectivity index (χ4v) is 3.07. The fourth-order valence-electron chi connectivity index (χ4n) is 3.07. The van der Waals surface area contributed by atoms with Crippen LogP contribution in [0.1, 0.15) is 40.0 Å². The van der Waals surface area contributed by atoms with Gasteiger partial charge in [-0.2, -0.15) is 0 Å². The average Bonchev–Trinajstić information content (AvgIpc) is 2.78. The van der Waals surface area contributed by atoms with Crippen LogP contribution in [0.3, 0.4) is 0 Å². The zero-order valence-electron chi connectivity index (χ0n) is 12.2. The van der Waals surface area contributed by atoms with Gasteiger partial charge in [0.1, 0.15) is 12.6 Å². The van der Waals surface area contributed by atoms with Gasteiger partial charge in [0.15, 0.2) is 0 Å². The van der Waals surface area contributed by atoms with Crippen LogP contribution in [0.4, 0.5) is 0 Å². The van der Waals surface area contributed by atoms with Crippen molar-refractivity contribution < 1.29 is 14.3 Å². The molecule has 19 heavy (non-hydrogen) atoms. The van der Waals surface area contributed by atoms with Crippen LogP contribution in [0, 0.1) is 5.41 Å². The zero-order valence-corrected chi connectivity index (χ0v) is 12.2. The number of carbonyl (C=O) groups excluding carboxylic acids is 2. The summed E-state index contributed by atoms with van der Waals surface area (Å²) in [6.07, 6.45) is 3.01. The first kappa shape index (κ1) is 14.3. The Balaban J connectivity index is 2.20. The highest BCUT2D eigenvalue weighted by molar-refractivity contribution is 5.95. The van der Waals surface area contributed by atoms with Gasteiger partial charge in [-0.05, 0) is 24.7 Å². The minimum atomic E-state index is -0.438. The van der Waals surface area contributed by atoms with Crippen molar-refractivity contribution in [2.75, 3.05) is 13.7 Å². The Kier molecular flexibility index (Phi) is 3.85. The molecule has 0 radical (unpaired) electrons. The summed E-state index contributed by atoms with van der Waals surface area (Å²) in [6, 6.07) is -0.389. The first-order valence-electron chi connectivity index (χ1n) is 6.97. The molecule has 1 saturated heterocycles. The van der Waals surface area contributed by atoms with Gasteiger partial charge in [0.25, 0.3) is 0 Å². The summed E-state index contributed by atoms with van der Waals surface area (Å²) < 4.78 is 5.46. The van der Waals surface area contributed by atoms with Gasteiger partial charge in [0, 0.05) is 7.11 Å². The lowest BCUT2D eigenvalue weighted by molar-refractivity contribution is -0.152. The molecule has 0 spiro atoms. The van der Waals surface area contributed by atoms with Crippen LogP contribution >= 0.6 is 0 Å². The van der Waals surface area contributed by atoms with Crippen LogP contribution in [0.5, 0.6) is 0 Å². The Hall–Kier alpha value is -1.10. The summed E-state index contributed by atoms with van der Waals surface area (Å²) in [6.45, 7) is 6.08.